The largest absolute Gasteiger partial charge is 0.351 e. The fourth-order valence-corrected chi connectivity index (χ4v) is 0.671. The Morgan fingerprint density at radius 2 is 1.20 bits per heavy atom. The lowest BCUT2D eigenvalue weighted by molar-refractivity contribution is -0.115. The lowest BCUT2D eigenvalue weighted by atomic mass is 10.5. The Morgan fingerprint density at radius 1 is 1.00 bits per heavy atom. The molecule has 0 unspecified atom stereocenters. The number of halogens is 1. The van der Waals surface area contributed by atoms with E-state index >= 15 is 0 Å². The maximum atomic E-state index is 9.43. The highest BCUT2D eigenvalue weighted by atomic mass is 79.9. The molecule has 15 heavy (non-hydrogen) atoms. The van der Waals surface area contributed by atoms with E-state index < -0.39 is 0 Å². The number of amides is 1. The van der Waals surface area contributed by atoms with Crippen molar-refractivity contribution < 1.29 is 4.79 Å². The van der Waals surface area contributed by atoms with Crippen molar-refractivity contribution in [3.63, 3.8) is 0 Å². The summed E-state index contributed by atoms with van der Waals surface area (Å²) < 4.78 is 0. The van der Waals surface area contributed by atoms with Crippen LogP contribution in [-0.2, 0) is 4.79 Å². The molecule has 4 N–H and O–H groups in total. The Morgan fingerprint density at radius 3 is 1.20 bits per heavy atom. The minimum absolute atomic E-state index is 0. The third-order valence-electron chi connectivity index (χ3n) is 1.55. The molecule has 0 atom stereocenters. The molecule has 0 bridgehead atoms. The SMILES string of the molecule is Br.CCN(CC)CC.CN(C)C=O.NN. The second-order valence-corrected chi connectivity index (χ2v) is 2.69. The number of nitrogens with zero attached hydrogens (tertiary/aromatic N) is 2. The fraction of sp³-hybridized carbons (Fsp3) is 0.889. The van der Waals surface area contributed by atoms with E-state index in [9.17, 15) is 4.79 Å². The van der Waals surface area contributed by atoms with Crippen molar-refractivity contribution in [3.05, 3.63) is 0 Å². The van der Waals surface area contributed by atoms with Crippen molar-refractivity contribution in [1.82, 2.24) is 9.80 Å². The van der Waals surface area contributed by atoms with Gasteiger partial charge in [-0.15, -0.1) is 17.0 Å². The van der Waals surface area contributed by atoms with Crippen LogP contribution in [0.3, 0.4) is 0 Å². The zero-order valence-corrected chi connectivity index (χ0v) is 12.3. The Bertz CT molecular complexity index is 94.6. The van der Waals surface area contributed by atoms with E-state index in [4.69, 9.17) is 0 Å². The van der Waals surface area contributed by atoms with E-state index in [0.717, 1.165) is 6.41 Å². The molecule has 96 valence electrons. The normalized spacial score (nSPS) is 7.47. The maximum Gasteiger partial charge on any atom is 0.209 e. The summed E-state index contributed by atoms with van der Waals surface area (Å²) in [5.74, 6) is 8.00. The summed E-state index contributed by atoms with van der Waals surface area (Å²) in [5, 5.41) is 0. The van der Waals surface area contributed by atoms with Crippen molar-refractivity contribution in [2.24, 2.45) is 11.7 Å². The van der Waals surface area contributed by atoms with Crippen LogP contribution in [0.15, 0.2) is 0 Å². The smallest absolute Gasteiger partial charge is 0.209 e. The van der Waals surface area contributed by atoms with Crippen LogP contribution in [0.5, 0.6) is 0 Å². The fourth-order valence-electron chi connectivity index (χ4n) is 0.671. The molecule has 0 saturated heterocycles. The minimum atomic E-state index is 0. The minimum Gasteiger partial charge on any atom is -0.351 e. The van der Waals surface area contributed by atoms with Gasteiger partial charge in [-0.1, -0.05) is 20.8 Å². The van der Waals surface area contributed by atoms with Gasteiger partial charge in [-0.05, 0) is 19.6 Å². The van der Waals surface area contributed by atoms with Crippen LogP contribution >= 0.6 is 17.0 Å². The van der Waals surface area contributed by atoms with Gasteiger partial charge in [0, 0.05) is 14.1 Å². The molecule has 0 fully saturated rings. The van der Waals surface area contributed by atoms with Crippen LogP contribution in [0.4, 0.5) is 0 Å². The van der Waals surface area contributed by atoms with Crippen LogP contribution in [0.2, 0.25) is 0 Å². The van der Waals surface area contributed by atoms with Crippen molar-refractivity contribution >= 4 is 23.4 Å². The average molecular weight is 287 g/mol. The number of hydrazine groups is 1. The van der Waals surface area contributed by atoms with Crippen molar-refractivity contribution in [1.29, 1.82) is 0 Å². The Hall–Kier alpha value is -0.170. The summed E-state index contributed by atoms with van der Waals surface area (Å²) in [5.41, 5.74) is 0. The summed E-state index contributed by atoms with van der Waals surface area (Å²) in [6.07, 6.45) is 0.750. The number of rotatable bonds is 4. The van der Waals surface area contributed by atoms with Gasteiger partial charge in [-0.25, -0.2) is 0 Å². The van der Waals surface area contributed by atoms with Crippen LogP contribution in [0, 0.1) is 0 Å². The standard InChI is InChI=1S/C6H15N.C3H7NO.BrH.H4N2/c1-4-7(5-2)6-3;1-4(2)3-5;;1-2/h4-6H2,1-3H3;3H,1-2H3;1H;1-2H2. The van der Waals surface area contributed by atoms with E-state index in [1.54, 1.807) is 14.1 Å². The van der Waals surface area contributed by atoms with Gasteiger partial charge in [0.15, 0.2) is 0 Å². The zero-order chi connectivity index (χ0) is 12.0. The Labute approximate surface area is 105 Å². The Balaban J connectivity index is -0.0000000675. The molecule has 0 spiro atoms. The third kappa shape index (κ3) is 31.6. The quantitative estimate of drug-likeness (QED) is 0.447. The van der Waals surface area contributed by atoms with Crippen molar-refractivity contribution in [2.75, 3.05) is 33.7 Å². The predicted molar refractivity (Wildman–Crippen MR) is 71.9 cm³/mol. The highest BCUT2D eigenvalue weighted by Gasteiger charge is 1.89. The monoisotopic (exact) mass is 286 g/mol. The first-order valence-corrected chi connectivity index (χ1v) is 4.79. The van der Waals surface area contributed by atoms with Gasteiger partial charge in [-0.3, -0.25) is 16.5 Å². The van der Waals surface area contributed by atoms with Gasteiger partial charge in [0.1, 0.15) is 0 Å². The van der Waals surface area contributed by atoms with Crippen LogP contribution in [0.1, 0.15) is 20.8 Å². The highest BCUT2D eigenvalue weighted by Crippen LogP contribution is 1.81. The van der Waals surface area contributed by atoms with Crippen LogP contribution in [0.25, 0.3) is 0 Å². The number of hydrogen-bond acceptors (Lipinski definition) is 4. The van der Waals surface area contributed by atoms with Gasteiger partial charge >= 0.3 is 0 Å². The van der Waals surface area contributed by atoms with Crippen LogP contribution in [-0.4, -0.2) is 49.9 Å². The average Bonchev–Trinajstić information content (AvgIpc) is 2.24. The maximum absolute atomic E-state index is 9.43. The topological polar surface area (TPSA) is 75.6 Å². The molecule has 0 saturated carbocycles. The molecule has 0 rings (SSSR count). The molecule has 0 radical (unpaired) electrons. The van der Waals surface area contributed by atoms with Gasteiger partial charge in [0.25, 0.3) is 0 Å². The molecule has 0 heterocycles. The van der Waals surface area contributed by atoms with E-state index in [1.807, 2.05) is 0 Å². The van der Waals surface area contributed by atoms with Gasteiger partial charge in [0.2, 0.25) is 6.41 Å². The first kappa shape index (κ1) is 24.2. The zero-order valence-electron chi connectivity index (χ0n) is 10.6. The van der Waals surface area contributed by atoms with Gasteiger partial charge in [-0.2, -0.15) is 0 Å². The molecule has 0 aromatic rings. The molecule has 0 aliphatic heterocycles. The second kappa shape index (κ2) is 23.6. The summed E-state index contributed by atoms with van der Waals surface area (Å²) in [6, 6.07) is 0. The molecule has 0 aliphatic carbocycles. The molecule has 6 heteroatoms. The third-order valence-corrected chi connectivity index (χ3v) is 1.55. The van der Waals surface area contributed by atoms with E-state index in [-0.39, 0.29) is 17.0 Å². The summed E-state index contributed by atoms with van der Waals surface area (Å²) >= 11 is 0. The number of nitrogens with two attached hydrogens (primary N) is 2. The molecule has 0 aromatic carbocycles. The molecule has 1 amide bonds. The summed E-state index contributed by atoms with van der Waals surface area (Å²) in [6.45, 7) is 10.1. The van der Waals surface area contributed by atoms with Crippen molar-refractivity contribution in [3.8, 4) is 0 Å². The second-order valence-electron chi connectivity index (χ2n) is 2.69. The van der Waals surface area contributed by atoms with E-state index in [1.165, 1.54) is 24.5 Å². The first-order valence-electron chi connectivity index (χ1n) is 4.79. The van der Waals surface area contributed by atoms with Crippen LogP contribution < -0.4 is 11.7 Å². The lowest BCUT2D eigenvalue weighted by Gasteiger charge is -2.13. The molecule has 5 nitrogen and oxygen atoms in total. The molecule has 0 aromatic heterocycles. The van der Waals surface area contributed by atoms with Gasteiger partial charge < -0.3 is 9.80 Å². The number of hydrogen-bond donors (Lipinski definition) is 2. The number of carbonyl (C=O) groups excluding carboxylic acids is 1. The molecular weight excluding hydrogens is 260 g/mol. The van der Waals surface area contributed by atoms with E-state index in [0.29, 0.717) is 0 Å². The summed E-state index contributed by atoms with van der Waals surface area (Å²) in [4.78, 5) is 13.2. The summed E-state index contributed by atoms with van der Waals surface area (Å²) in [7, 11) is 3.38. The number of carbonyl (C=O) groups is 1. The molecular formula is C9H27BrN4O. The van der Waals surface area contributed by atoms with Gasteiger partial charge in [0.05, 0.1) is 0 Å². The predicted octanol–water partition coefficient (Wildman–Crippen LogP) is 0.449. The lowest BCUT2D eigenvalue weighted by Crippen LogP contribution is -2.21. The van der Waals surface area contributed by atoms with Crippen molar-refractivity contribution in [2.45, 2.75) is 20.8 Å². The van der Waals surface area contributed by atoms with E-state index in [2.05, 4.69) is 37.4 Å². The Kier molecular flexibility index (Phi) is 38.0. The molecule has 0 aliphatic rings. The first-order chi connectivity index (χ1) is 6.62. The highest BCUT2D eigenvalue weighted by molar-refractivity contribution is 8.93.